The van der Waals surface area contributed by atoms with E-state index >= 15 is 0 Å². The van der Waals surface area contributed by atoms with Crippen molar-refractivity contribution < 1.29 is 4.79 Å². The van der Waals surface area contributed by atoms with Gasteiger partial charge in [0.25, 0.3) is 0 Å². The molecule has 1 aromatic carbocycles. The molecule has 4 heteroatoms. The number of aryl methyl sites for hydroxylation is 1. The van der Waals surface area contributed by atoms with Crippen molar-refractivity contribution in [1.82, 2.24) is 15.5 Å². The summed E-state index contributed by atoms with van der Waals surface area (Å²) < 4.78 is 0. The zero-order valence-electron chi connectivity index (χ0n) is 13.6. The van der Waals surface area contributed by atoms with E-state index in [2.05, 4.69) is 40.7 Å². The first-order valence-electron chi connectivity index (χ1n) is 7.74. The van der Waals surface area contributed by atoms with E-state index in [9.17, 15) is 4.79 Å². The van der Waals surface area contributed by atoms with E-state index in [1.165, 1.54) is 5.56 Å². The maximum Gasteiger partial charge on any atom is 0.240 e. The predicted octanol–water partition coefficient (Wildman–Crippen LogP) is 1.86. The van der Waals surface area contributed by atoms with Crippen molar-refractivity contribution in [3.63, 3.8) is 0 Å². The van der Waals surface area contributed by atoms with Gasteiger partial charge >= 0.3 is 0 Å². The third kappa shape index (κ3) is 3.83. The SMILES string of the molecule is Cc1cccc([C@H](C)NC(=O)C(C)(C)N2CCNCC2)c1. The number of rotatable bonds is 4. The molecule has 1 aliphatic rings. The van der Waals surface area contributed by atoms with E-state index in [-0.39, 0.29) is 11.9 Å². The van der Waals surface area contributed by atoms with Gasteiger partial charge in [0, 0.05) is 26.2 Å². The van der Waals surface area contributed by atoms with Gasteiger partial charge in [-0.25, -0.2) is 0 Å². The van der Waals surface area contributed by atoms with Gasteiger partial charge in [0.1, 0.15) is 0 Å². The van der Waals surface area contributed by atoms with E-state index in [0.717, 1.165) is 31.7 Å². The van der Waals surface area contributed by atoms with Crippen LogP contribution in [0.2, 0.25) is 0 Å². The Hall–Kier alpha value is -1.39. The average Bonchev–Trinajstić information content (AvgIpc) is 2.48. The van der Waals surface area contributed by atoms with Crippen LogP contribution in [0, 0.1) is 6.92 Å². The zero-order valence-corrected chi connectivity index (χ0v) is 13.6. The number of carbonyl (C=O) groups excluding carboxylic acids is 1. The summed E-state index contributed by atoms with van der Waals surface area (Å²) in [6.07, 6.45) is 0. The van der Waals surface area contributed by atoms with Crippen LogP contribution < -0.4 is 10.6 Å². The molecule has 0 spiro atoms. The van der Waals surface area contributed by atoms with E-state index in [1.807, 2.05) is 26.8 Å². The first kappa shape index (κ1) is 16.0. The molecular formula is C17H27N3O. The van der Waals surface area contributed by atoms with Crippen LogP contribution in [0.25, 0.3) is 0 Å². The number of amides is 1. The van der Waals surface area contributed by atoms with E-state index in [1.54, 1.807) is 0 Å². The molecule has 1 heterocycles. The number of carbonyl (C=O) groups is 1. The Morgan fingerprint density at radius 2 is 2.00 bits per heavy atom. The normalized spacial score (nSPS) is 18.3. The molecule has 21 heavy (non-hydrogen) atoms. The molecule has 2 N–H and O–H groups in total. The fourth-order valence-electron chi connectivity index (χ4n) is 2.76. The number of piperazine rings is 1. The highest BCUT2D eigenvalue weighted by Gasteiger charge is 2.35. The smallest absolute Gasteiger partial charge is 0.240 e. The Kier molecular flexibility index (Phi) is 5.01. The Morgan fingerprint density at radius 1 is 1.33 bits per heavy atom. The van der Waals surface area contributed by atoms with Gasteiger partial charge in [-0.15, -0.1) is 0 Å². The van der Waals surface area contributed by atoms with Crippen molar-refractivity contribution in [2.45, 2.75) is 39.3 Å². The average molecular weight is 289 g/mol. The lowest BCUT2D eigenvalue weighted by molar-refractivity contribution is -0.132. The molecule has 116 valence electrons. The Labute approximate surface area is 127 Å². The molecule has 0 radical (unpaired) electrons. The van der Waals surface area contributed by atoms with Crippen molar-refractivity contribution >= 4 is 5.91 Å². The first-order chi connectivity index (χ1) is 9.91. The van der Waals surface area contributed by atoms with Crippen molar-refractivity contribution in [2.24, 2.45) is 0 Å². The van der Waals surface area contributed by atoms with Crippen LogP contribution >= 0.6 is 0 Å². The fourth-order valence-corrected chi connectivity index (χ4v) is 2.76. The predicted molar refractivity (Wildman–Crippen MR) is 86.3 cm³/mol. The van der Waals surface area contributed by atoms with Crippen molar-refractivity contribution in [3.8, 4) is 0 Å². The summed E-state index contributed by atoms with van der Waals surface area (Å²) in [4.78, 5) is 14.9. The second-order valence-corrected chi connectivity index (χ2v) is 6.41. The zero-order chi connectivity index (χ0) is 15.5. The maximum atomic E-state index is 12.7. The van der Waals surface area contributed by atoms with Crippen LogP contribution in [0.3, 0.4) is 0 Å². The van der Waals surface area contributed by atoms with E-state index in [0.29, 0.717) is 0 Å². The number of hydrogen-bond acceptors (Lipinski definition) is 3. The highest BCUT2D eigenvalue weighted by Crippen LogP contribution is 2.19. The highest BCUT2D eigenvalue weighted by molar-refractivity contribution is 5.85. The molecule has 1 amide bonds. The van der Waals surface area contributed by atoms with Crippen molar-refractivity contribution in [2.75, 3.05) is 26.2 Å². The summed E-state index contributed by atoms with van der Waals surface area (Å²) >= 11 is 0. The van der Waals surface area contributed by atoms with Crippen molar-refractivity contribution in [1.29, 1.82) is 0 Å². The molecule has 0 unspecified atom stereocenters. The molecule has 4 nitrogen and oxygen atoms in total. The number of benzene rings is 1. The first-order valence-corrected chi connectivity index (χ1v) is 7.74. The summed E-state index contributed by atoms with van der Waals surface area (Å²) in [5.41, 5.74) is 1.90. The Morgan fingerprint density at radius 3 is 2.62 bits per heavy atom. The summed E-state index contributed by atoms with van der Waals surface area (Å²) in [6, 6.07) is 8.33. The molecule has 1 fully saturated rings. The molecule has 0 saturated carbocycles. The molecule has 1 aliphatic heterocycles. The lowest BCUT2D eigenvalue weighted by Gasteiger charge is -2.40. The summed E-state index contributed by atoms with van der Waals surface area (Å²) in [7, 11) is 0. The molecule has 0 bridgehead atoms. The number of nitrogens with one attached hydrogen (secondary N) is 2. The monoisotopic (exact) mass is 289 g/mol. The number of hydrogen-bond donors (Lipinski definition) is 2. The molecule has 0 aliphatic carbocycles. The minimum Gasteiger partial charge on any atom is -0.348 e. The van der Waals surface area contributed by atoms with E-state index < -0.39 is 5.54 Å². The molecule has 2 rings (SSSR count). The molecular weight excluding hydrogens is 262 g/mol. The van der Waals surface area contributed by atoms with Gasteiger partial charge in [-0.1, -0.05) is 29.8 Å². The standard InChI is InChI=1S/C17H27N3O/c1-13-6-5-7-15(12-13)14(2)19-16(21)17(3,4)20-10-8-18-9-11-20/h5-7,12,14,18H,8-11H2,1-4H3,(H,19,21)/t14-/m0/s1. The van der Waals surface area contributed by atoms with Gasteiger partial charge in [-0.2, -0.15) is 0 Å². The third-order valence-corrected chi connectivity index (χ3v) is 4.35. The largest absolute Gasteiger partial charge is 0.348 e. The summed E-state index contributed by atoms with van der Waals surface area (Å²) in [6.45, 7) is 11.9. The molecule has 1 atom stereocenters. The van der Waals surface area contributed by atoms with Gasteiger partial charge in [-0.3, -0.25) is 9.69 Å². The van der Waals surface area contributed by atoms with Crippen LogP contribution in [-0.2, 0) is 4.79 Å². The Bertz CT molecular complexity index is 493. The third-order valence-electron chi connectivity index (χ3n) is 4.35. The van der Waals surface area contributed by atoms with Crippen LogP contribution in [0.1, 0.15) is 37.9 Å². The summed E-state index contributed by atoms with van der Waals surface area (Å²) in [5.74, 6) is 0.0957. The molecule has 0 aromatic heterocycles. The van der Waals surface area contributed by atoms with Crippen LogP contribution in [0.4, 0.5) is 0 Å². The fraction of sp³-hybridized carbons (Fsp3) is 0.588. The van der Waals surface area contributed by atoms with Crippen LogP contribution in [0.15, 0.2) is 24.3 Å². The quantitative estimate of drug-likeness (QED) is 0.889. The van der Waals surface area contributed by atoms with Gasteiger partial charge in [0.05, 0.1) is 11.6 Å². The van der Waals surface area contributed by atoms with Crippen LogP contribution in [0.5, 0.6) is 0 Å². The Balaban J connectivity index is 2.02. The van der Waals surface area contributed by atoms with Crippen molar-refractivity contribution in [3.05, 3.63) is 35.4 Å². The molecule has 1 saturated heterocycles. The second-order valence-electron chi connectivity index (χ2n) is 6.41. The second kappa shape index (κ2) is 6.58. The maximum absolute atomic E-state index is 12.7. The van der Waals surface area contributed by atoms with Gasteiger partial charge < -0.3 is 10.6 Å². The number of nitrogens with zero attached hydrogens (tertiary/aromatic N) is 1. The lowest BCUT2D eigenvalue weighted by atomic mass is 9.98. The minimum atomic E-state index is -0.472. The van der Waals surface area contributed by atoms with Gasteiger partial charge in [0.2, 0.25) is 5.91 Å². The lowest BCUT2D eigenvalue weighted by Crippen LogP contribution is -2.60. The van der Waals surface area contributed by atoms with E-state index in [4.69, 9.17) is 0 Å². The summed E-state index contributed by atoms with van der Waals surface area (Å²) in [5, 5.41) is 6.49. The topological polar surface area (TPSA) is 44.4 Å². The highest BCUT2D eigenvalue weighted by atomic mass is 16.2. The minimum absolute atomic E-state index is 0.0274. The van der Waals surface area contributed by atoms with Gasteiger partial charge in [0.15, 0.2) is 0 Å². The van der Waals surface area contributed by atoms with Crippen LogP contribution in [-0.4, -0.2) is 42.5 Å². The molecule has 1 aromatic rings. The van der Waals surface area contributed by atoms with Gasteiger partial charge in [-0.05, 0) is 33.3 Å².